The van der Waals surface area contributed by atoms with Crippen molar-refractivity contribution >= 4 is 23.0 Å². The van der Waals surface area contributed by atoms with E-state index in [1.54, 1.807) is 0 Å². The normalized spacial score (nSPS) is 12.2. The van der Waals surface area contributed by atoms with Gasteiger partial charge in [-0.3, -0.25) is 0 Å². The number of nitrogens with two attached hydrogens (primary N) is 1. The third kappa shape index (κ3) is 3.53. The Kier molecular flexibility index (Phi) is 4.69. The Balaban J connectivity index is 2.26. The maximum absolute atomic E-state index is 6.41. The maximum atomic E-state index is 6.41. The molecule has 0 radical (unpaired) electrons. The van der Waals surface area contributed by atoms with Crippen LogP contribution in [-0.2, 0) is 6.42 Å². The van der Waals surface area contributed by atoms with E-state index in [4.69, 9.17) is 17.3 Å². The van der Waals surface area contributed by atoms with Gasteiger partial charge in [-0.05, 0) is 50.1 Å². The van der Waals surface area contributed by atoms with Gasteiger partial charge in [0.15, 0.2) is 0 Å². The van der Waals surface area contributed by atoms with Crippen LogP contribution in [0.2, 0.25) is 5.02 Å². The Bertz CT molecular complexity index is 576. The molecule has 0 fully saturated rings. The van der Waals surface area contributed by atoms with Crippen LogP contribution < -0.4 is 10.6 Å². The van der Waals surface area contributed by atoms with Crippen LogP contribution in [0.15, 0.2) is 42.5 Å². The zero-order chi connectivity index (χ0) is 14.7. The molecule has 1 unspecified atom stereocenters. The number of halogens is 1. The van der Waals surface area contributed by atoms with Gasteiger partial charge in [0.2, 0.25) is 0 Å². The number of benzene rings is 2. The number of hydrogen-bond acceptors (Lipinski definition) is 2. The Morgan fingerprint density at radius 3 is 2.35 bits per heavy atom. The van der Waals surface area contributed by atoms with Crippen LogP contribution in [0.3, 0.4) is 0 Å². The number of rotatable bonds is 4. The van der Waals surface area contributed by atoms with E-state index in [9.17, 15) is 0 Å². The third-order valence-corrected chi connectivity index (χ3v) is 3.66. The van der Waals surface area contributed by atoms with Crippen molar-refractivity contribution in [1.29, 1.82) is 0 Å². The molecule has 2 N–H and O–H groups in total. The van der Waals surface area contributed by atoms with E-state index in [2.05, 4.69) is 48.2 Å². The average molecular weight is 289 g/mol. The van der Waals surface area contributed by atoms with Crippen molar-refractivity contribution in [3.05, 3.63) is 58.6 Å². The molecule has 0 saturated heterocycles. The largest absolute Gasteiger partial charge is 0.343 e. The highest BCUT2D eigenvalue weighted by molar-refractivity contribution is 6.33. The minimum absolute atomic E-state index is 0.145. The van der Waals surface area contributed by atoms with E-state index in [-0.39, 0.29) is 6.04 Å². The summed E-state index contributed by atoms with van der Waals surface area (Å²) in [6.07, 6.45) is 0.842. The first-order valence-corrected chi connectivity index (χ1v) is 7.19. The fraction of sp³-hybridized carbons (Fsp3) is 0.294. The molecule has 0 aliphatic rings. The molecule has 3 heteroatoms. The Hall–Kier alpha value is -1.51. The minimum Gasteiger partial charge on any atom is -0.343 e. The second kappa shape index (κ2) is 6.29. The zero-order valence-corrected chi connectivity index (χ0v) is 13.0. The van der Waals surface area contributed by atoms with Gasteiger partial charge in [0.25, 0.3) is 0 Å². The van der Waals surface area contributed by atoms with Gasteiger partial charge in [0.05, 0.1) is 10.7 Å². The Morgan fingerprint density at radius 2 is 1.80 bits per heavy atom. The molecule has 2 rings (SSSR count). The lowest BCUT2D eigenvalue weighted by Crippen LogP contribution is -2.18. The number of anilines is 2. The molecule has 0 spiro atoms. The third-order valence-electron chi connectivity index (χ3n) is 3.35. The summed E-state index contributed by atoms with van der Waals surface area (Å²) >= 11 is 6.41. The lowest BCUT2D eigenvalue weighted by molar-refractivity contribution is 0.738. The molecule has 0 saturated carbocycles. The molecule has 1 atom stereocenters. The van der Waals surface area contributed by atoms with Crippen molar-refractivity contribution in [3.63, 3.8) is 0 Å². The molecule has 20 heavy (non-hydrogen) atoms. The fourth-order valence-corrected chi connectivity index (χ4v) is 2.56. The van der Waals surface area contributed by atoms with Gasteiger partial charge in [-0.2, -0.15) is 0 Å². The van der Waals surface area contributed by atoms with Crippen LogP contribution >= 0.6 is 11.6 Å². The maximum Gasteiger partial charge on any atom is 0.0645 e. The summed E-state index contributed by atoms with van der Waals surface area (Å²) in [7, 11) is 2.02. The van der Waals surface area contributed by atoms with Gasteiger partial charge >= 0.3 is 0 Å². The molecular weight excluding hydrogens is 268 g/mol. The lowest BCUT2D eigenvalue weighted by Gasteiger charge is -2.21. The molecule has 0 heterocycles. The van der Waals surface area contributed by atoms with E-state index >= 15 is 0 Å². The fourth-order valence-electron chi connectivity index (χ4n) is 2.23. The van der Waals surface area contributed by atoms with E-state index in [1.165, 1.54) is 11.1 Å². The molecule has 0 aromatic heterocycles. The van der Waals surface area contributed by atoms with Gasteiger partial charge in [-0.15, -0.1) is 0 Å². The van der Waals surface area contributed by atoms with Crippen LogP contribution in [0.5, 0.6) is 0 Å². The molecule has 0 aliphatic heterocycles. The molecule has 0 amide bonds. The first-order chi connectivity index (χ1) is 9.47. The van der Waals surface area contributed by atoms with Crippen molar-refractivity contribution < 1.29 is 0 Å². The molecule has 0 aliphatic carbocycles. The first-order valence-electron chi connectivity index (χ1n) is 6.82. The van der Waals surface area contributed by atoms with E-state index in [0.29, 0.717) is 0 Å². The van der Waals surface area contributed by atoms with Crippen LogP contribution in [0.25, 0.3) is 0 Å². The Labute approximate surface area is 126 Å². The summed E-state index contributed by atoms with van der Waals surface area (Å²) in [4.78, 5) is 2.09. The zero-order valence-electron chi connectivity index (χ0n) is 12.2. The molecule has 106 valence electrons. The summed E-state index contributed by atoms with van der Waals surface area (Å²) in [5.41, 5.74) is 10.4. The SMILES string of the molecule is Cc1ccc(N(C)c2ccc(CC(C)N)cc2Cl)cc1. The predicted octanol–water partition coefficient (Wildman–Crippen LogP) is 4.31. The average Bonchev–Trinajstić information content (AvgIpc) is 2.38. The monoisotopic (exact) mass is 288 g/mol. The van der Waals surface area contributed by atoms with Crippen LogP contribution in [0, 0.1) is 6.92 Å². The molecular formula is C17H21ClN2. The van der Waals surface area contributed by atoms with Crippen molar-refractivity contribution in [3.8, 4) is 0 Å². The smallest absolute Gasteiger partial charge is 0.0645 e. The van der Waals surface area contributed by atoms with E-state index < -0.39 is 0 Å². The summed E-state index contributed by atoms with van der Waals surface area (Å²) in [6, 6.07) is 14.7. The lowest BCUT2D eigenvalue weighted by atomic mass is 10.1. The van der Waals surface area contributed by atoms with Crippen LogP contribution in [0.4, 0.5) is 11.4 Å². The summed E-state index contributed by atoms with van der Waals surface area (Å²) in [5, 5.41) is 0.756. The van der Waals surface area contributed by atoms with Crippen LogP contribution in [-0.4, -0.2) is 13.1 Å². The first kappa shape index (κ1) is 14.9. The van der Waals surface area contributed by atoms with Gasteiger partial charge in [0, 0.05) is 18.8 Å². The standard InChI is InChI=1S/C17H21ClN2/c1-12-4-7-15(8-5-12)20(3)17-9-6-14(10-13(2)19)11-16(17)18/h4-9,11,13H,10,19H2,1-3H3. The van der Waals surface area contributed by atoms with Crippen molar-refractivity contribution in [1.82, 2.24) is 0 Å². The van der Waals surface area contributed by atoms with Crippen molar-refractivity contribution in [2.24, 2.45) is 5.73 Å². The van der Waals surface area contributed by atoms with Gasteiger partial charge < -0.3 is 10.6 Å². The second-order valence-corrected chi connectivity index (χ2v) is 5.77. The number of aryl methyl sites for hydroxylation is 1. The van der Waals surface area contributed by atoms with E-state index in [1.807, 2.05) is 20.0 Å². The van der Waals surface area contributed by atoms with Gasteiger partial charge in [0.1, 0.15) is 0 Å². The summed E-state index contributed by atoms with van der Waals surface area (Å²) in [6.45, 7) is 4.08. The van der Waals surface area contributed by atoms with Crippen molar-refractivity contribution in [2.45, 2.75) is 26.3 Å². The minimum atomic E-state index is 0.145. The summed E-state index contributed by atoms with van der Waals surface area (Å²) < 4.78 is 0. The van der Waals surface area contributed by atoms with Gasteiger partial charge in [-0.1, -0.05) is 35.4 Å². The second-order valence-electron chi connectivity index (χ2n) is 5.36. The highest BCUT2D eigenvalue weighted by Gasteiger charge is 2.09. The molecule has 2 nitrogen and oxygen atoms in total. The van der Waals surface area contributed by atoms with Crippen molar-refractivity contribution in [2.75, 3.05) is 11.9 Å². The summed E-state index contributed by atoms with van der Waals surface area (Å²) in [5.74, 6) is 0. The van der Waals surface area contributed by atoms with Gasteiger partial charge in [-0.25, -0.2) is 0 Å². The molecule has 0 bridgehead atoms. The van der Waals surface area contributed by atoms with E-state index in [0.717, 1.165) is 22.8 Å². The number of nitrogens with zero attached hydrogens (tertiary/aromatic N) is 1. The Morgan fingerprint density at radius 1 is 1.15 bits per heavy atom. The highest BCUT2D eigenvalue weighted by atomic mass is 35.5. The van der Waals surface area contributed by atoms with Crippen LogP contribution in [0.1, 0.15) is 18.1 Å². The quantitative estimate of drug-likeness (QED) is 0.908. The predicted molar refractivity (Wildman–Crippen MR) is 88.0 cm³/mol. The highest BCUT2D eigenvalue weighted by Crippen LogP contribution is 2.31. The molecule has 2 aromatic carbocycles. The number of hydrogen-bond donors (Lipinski definition) is 1. The topological polar surface area (TPSA) is 29.3 Å². The molecule has 2 aromatic rings.